The van der Waals surface area contributed by atoms with Crippen molar-refractivity contribution in [2.24, 2.45) is 0 Å². The number of benzene rings is 2. The van der Waals surface area contributed by atoms with Crippen LogP contribution in [0, 0.1) is 0 Å². The standard InChI is InChI=1S/C20H18Cl4N2O2S/c1-19(27,13-5-3-11(21)7-15(13)23)9-17-25-26-18(29-17)10-20(2,28)14-6-4-12(22)8-16(14)24/h3-8,27-28H,9-10H2,1-2H3. The van der Waals surface area contributed by atoms with Crippen molar-refractivity contribution >= 4 is 57.7 Å². The highest BCUT2D eigenvalue weighted by molar-refractivity contribution is 7.11. The first-order valence-electron chi connectivity index (χ1n) is 8.65. The quantitative estimate of drug-likeness (QED) is 0.440. The monoisotopic (exact) mass is 490 g/mol. The smallest absolute Gasteiger partial charge is 0.120 e. The van der Waals surface area contributed by atoms with E-state index in [4.69, 9.17) is 46.4 Å². The summed E-state index contributed by atoms with van der Waals surface area (Å²) in [7, 11) is 0. The Kier molecular flexibility index (Phi) is 6.81. The molecule has 2 aromatic carbocycles. The van der Waals surface area contributed by atoms with Crippen LogP contribution in [0.4, 0.5) is 0 Å². The second kappa shape index (κ2) is 8.67. The summed E-state index contributed by atoms with van der Waals surface area (Å²) in [5, 5.41) is 33.2. The lowest BCUT2D eigenvalue weighted by atomic mass is 9.93. The molecule has 0 saturated carbocycles. The largest absolute Gasteiger partial charge is 0.385 e. The lowest BCUT2D eigenvalue weighted by Gasteiger charge is -2.24. The molecule has 2 atom stereocenters. The van der Waals surface area contributed by atoms with E-state index >= 15 is 0 Å². The molecule has 3 rings (SSSR count). The zero-order valence-corrected chi connectivity index (χ0v) is 19.4. The molecule has 0 aliphatic rings. The average Bonchev–Trinajstić information content (AvgIpc) is 2.99. The maximum Gasteiger partial charge on any atom is 0.120 e. The molecule has 4 nitrogen and oxygen atoms in total. The summed E-state index contributed by atoms with van der Waals surface area (Å²) in [6.07, 6.45) is 0.436. The van der Waals surface area contributed by atoms with Gasteiger partial charge in [-0.2, -0.15) is 0 Å². The Morgan fingerprint density at radius 3 is 1.48 bits per heavy atom. The van der Waals surface area contributed by atoms with E-state index in [-0.39, 0.29) is 12.8 Å². The van der Waals surface area contributed by atoms with Crippen molar-refractivity contribution in [3.8, 4) is 0 Å². The molecular formula is C20H18Cl4N2O2S. The average molecular weight is 492 g/mol. The molecule has 154 valence electrons. The van der Waals surface area contributed by atoms with Gasteiger partial charge in [0.2, 0.25) is 0 Å². The molecule has 0 amide bonds. The first kappa shape index (κ1) is 22.8. The predicted octanol–water partition coefficient (Wildman–Crippen LogP) is 6.05. The number of hydrogen-bond donors (Lipinski definition) is 2. The number of halogens is 4. The number of hydrogen-bond acceptors (Lipinski definition) is 5. The van der Waals surface area contributed by atoms with Gasteiger partial charge < -0.3 is 10.2 Å². The predicted molar refractivity (Wildman–Crippen MR) is 119 cm³/mol. The van der Waals surface area contributed by atoms with Crippen LogP contribution in [0.15, 0.2) is 36.4 Å². The van der Waals surface area contributed by atoms with Gasteiger partial charge in [0.25, 0.3) is 0 Å². The van der Waals surface area contributed by atoms with Crippen molar-refractivity contribution in [3.05, 3.63) is 77.6 Å². The Labute approximate surface area is 193 Å². The maximum absolute atomic E-state index is 10.9. The fourth-order valence-electron chi connectivity index (χ4n) is 3.06. The molecule has 3 aromatic rings. The van der Waals surface area contributed by atoms with Gasteiger partial charge in [-0.25, -0.2) is 0 Å². The van der Waals surface area contributed by atoms with E-state index in [1.165, 1.54) is 11.3 Å². The zero-order chi connectivity index (χ0) is 21.4. The molecule has 0 fully saturated rings. The summed E-state index contributed by atoms with van der Waals surface area (Å²) in [6.45, 7) is 3.32. The lowest BCUT2D eigenvalue weighted by molar-refractivity contribution is 0.0567. The fraction of sp³-hybridized carbons (Fsp3) is 0.300. The molecule has 0 saturated heterocycles. The highest BCUT2D eigenvalue weighted by Gasteiger charge is 2.31. The minimum atomic E-state index is -1.25. The van der Waals surface area contributed by atoms with Crippen LogP contribution in [-0.2, 0) is 24.0 Å². The maximum atomic E-state index is 10.9. The van der Waals surface area contributed by atoms with Crippen LogP contribution in [0.2, 0.25) is 20.1 Å². The van der Waals surface area contributed by atoms with Gasteiger partial charge in [0.1, 0.15) is 10.0 Å². The van der Waals surface area contributed by atoms with Gasteiger partial charge in [0.05, 0.1) is 11.2 Å². The van der Waals surface area contributed by atoms with Gasteiger partial charge in [-0.1, -0.05) is 58.5 Å². The van der Waals surface area contributed by atoms with Crippen LogP contribution in [0.1, 0.15) is 35.0 Å². The molecular weight excluding hydrogens is 474 g/mol. The van der Waals surface area contributed by atoms with Crippen molar-refractivity contribution in [3.63, 3.8) is 0 Å². The van der Waals surface area contributed by atoms with Crippen LogP contribution < -0.4 is 0 Å². The van der Waals surface area contributed by atoms with Crippen molar-refractivity contribution in [1.29, 1.82) is 0 Å². The number of rotatable bonds is 6. The summed E-state index contributed by atoms with van der Waals surface area (Å²) >= 11 is 25.7. The van der Waals surface area contributed by atoms with Gasteiger partial charge in [0, 0.05) is 44.1 Å². The molecule has 0 spiro atoms. The Bertz CT molecular complexity index is 957. The highest BCUT2D eigenvalue weighted by Crippen LogP contribution is 2.36. The summed E-state index contributed by atoms with van der Waals surface area (Å²) in [5.74, 6) is 0. The van der Waals surface area contributed by atoms with Crippen LogP contribution >= 0.6 is 57.7 Å². The summed E-state index contributed by atoms with van der Waals surface area (Å²) < 4.78 is 0. The van der Waals surface area contributed by atoms with E-state index in [9.17, 15) is 10.2 Å². The number of aromatic nitrogens is 2. The van der Waals surface area contributed by atoms with E-state index in [0.717, 1.165) is 0 Å². The Hall–Kier alpha value is -0.920. The Morgan fingerprint density at radius 1 is 0.759 bits per heavy atom. The minimum absolute atomic E-state index is 0.218. The van der Waals surface area contributed by atoms with Crippen molar-refractivity contribution in [2.75, 3.05) is 0 Å². The lowest BCUT2D eigenvalue weighted by Crippen LogP contribution is -2.25. The molecule has 0 radical (unpaired) electrons. The van der Waals surface area contributed by atoms with Crippen LogP contribution in [0.3, 0.4) is 0 Å². The molecule has 2 unspecified atom stereocenters. The molecule has 0 aliphatic heterocycles. The van der Waals surface area contributed by atoms with Crippen molar-refractivity contribution in [1.82, 2.24) is 10.2 Å². The number of aliphatic hydroxyl groups is 2. The third kappa shape index (κ3) is 5.42. The van der Waals surface area contributed by atoms with Crippen molar-refractivity contribution < 1.29 is 10.2 Å². The SMILES string of the molecule is CC(O)(Cc1nnc(CC(C)(O)c2ccc(Cl)cc2Cl)s1)c1ccc(Cl)cc1Cl. The molecule has 0 bridgehead atoms. The van der Waals surface area contributed by atoms with Gasteiger partial charge >= 0.3 is 0 Å². The first-order valence-corrected chi connectivity index (χ1v) is 11.0. The van der Waals surface area contributed by atoms with Gasteiger partial charge in [-0.05, 0) is 38.1 Å². The molecule has 1 aromatic heterocycles. The summed E-state index contributed by atoms with van der Waals surface area (Å²) in [5.41, 5.74) is -1.39. The van der Waals surface area contributed by atoms with E-state index in [2.05, 4.69) is 10.2 Å². The summed E-state index contributed by atoms with van der Waals surface area (Å²) in [6, 6.07) is 9.92. The molecule has 1 heterocycles. The van der Waals surface area contributed by atoms with Crippen molar-refractivity contribution in [2.45, 2.75) is 37.9 Å². The van der Waals surface area contributed by atoms with Gasteiger partial charge in [-0.3, -0.25) is 0 Å². The van der Waals surface area contributed by atoms with Crippen LogP contribution in [0.5, 0.6) is 0 Å². The second-order valence-corrected chi connectivity index (χ2v) is 10.1. The highest BCUT2D eigenvalue weighted by atomic mass is 35.5. The zero-order valence-electron chi connectivity index (χ0n) is 15.6. The third-order valence-corrected chi connectivity index (χ3v) is 6.54. The van der Waals surface area contributed by atoms with E-state index in [1.807, 2.05) is 0 Å². The van der Waals surface area contributed by atoms with Crippen LogP contribution in [0.25, 0.3) is 0 Å². The Balaban J connectivity index is 1.78. The normalized spacial score (nSPS) is 15.7. The van der Waals surface area contributed by atoms with E-state index < -0.39 is 11.2 Å². The minimum Gasteiger partial charge on any atom is -0.385 e. The topological polar surface area (TPSA) is 66.2 Å². The molecule has 9 heteroatoms. The van der Waals surface area contributed by atoms with E-state index in [1.54, 1.807) is 50.2 Å². The third-order valence-electron chi connectivity index (χ3n) is 4.52. The fourth-order valence-corrected chi connectivity index (χ4v) is 5.43. The van der Waals surface area contributed by atoms with Gasteiger partial charge in [0.15, 0.2) is 0 Å². The van der Waals surface area contributed by atoms with E-state index in [0.29, 0.717) is 41.2 Å². The van der Waals surface area contributed by atoms with Gasteiger partial charge in [-0.15, -0.1) is 21.5 Å². The second-order valence-electron chi connectivity index (χ2n) is 7.24. The first-order chi connectivity index (χ1) is 13.5. The number of nitrogens with zero attached hydrogens (tertiary/aromatic N) is 2. The summed E-state index contributed by atoms with van der Waals surface area (Å²) in [4.78, 5) is 0. The molecule has 2 N–H and O–H groups in total. The molecule has 0 aliphatic carbocycles. The Morgan fingerprint density at radius 2 is 1.14 bits per heavy atom. The van der Waals surface area contributed by atoms with Crippen LogP contribution in [-0.4, -0.2) is 20.4 Å². The molecule has 29 heavy (non-hydrogen) atoms.